The zero-order chi connectivity index (χ0) is 19.7. The Balaban J connectivity index is 1.28. The highest BCUT2D eigenvalue weighted by molar-refractivity contribution is 7.99. The lowest BCUT2D eigenvalue weighted by Gasteiger charge is -2.09. The van der Waals surface area contributed by atoms with Gasteiger partial charge in [0.2, 0.25) is 0 Å². The molecule has 0 fully saturated rings. The van der Waals surface area contributed by atoms with Crippen LogP contribution < -0.4 is 10.6 Å². The Kier molecular flexibility index (Phi) is 6.40. The van der Waals surface area contributed by atoms with E-state index in [9.17, 15) is 0 Å². The van der Waals surface area contributed by atoms with Gasteiger partial charge in [-0.25, -0.2) is 0 Å². The summed E-state index contributed by atoms with van der Waals surface area (Å²) in [6.45, 7) is 1.45. The standard InChI is InChI=1S/C24H22N4S/c1-3-15-25-21(5-1)17-27-19-7-11-23(12-8-19)29-24-13-9-20(10-14-24)28-18-22-6-2-4-16-26-22/h1-16,27-28H,17-18H2. The summed E-state index contributed by atoms with van der Waals surface area (Å²) in [4.78, 5) is 11.1. The van der Waals surface area contributed by atoms with E-state index in [4.69, 9.17) is 0 Å². The van der Waals surface area contributed by atoms with Gasteiger partial charge in [0.05, 0.1) is 24.5 Å². The fraction of sp³-hybridized carbons (Fsp3) is 0.0833. The molecule has 2 heterocycles. The second-order valence-electron chi connectivity index (χ2n) is 6.50. The van der Waals surface area contributed by atoms with Gasteiger partial charge in [-0.15, -0.1) is 0 Å². The van der Waals surface area contributed by atoms with E-state index in [0.717, 1.165) is 35.9 Å². The van der Waals surface area contributed by atoms with Gasteiger partial charge in [0.1, 0.15) is 0 Å². The van der Waals surface area contributed by atoms with E-state index in [-0.39, 0.29) is 0 Å². The van der Waals surface area contributed by atoms with Gasteiger partial charge < -0.3 is 10.6 Å². The molecule has 0 amide bonds. The molecule has 4 nitrogen and oxygen atoms in total. The Bertz CT molecular complexity index is 919. The van der Waals surface area contributed by atoms with Crippen LogP contribution in [0.25, 0.3) is 0 Å². The summed E-state index contributed by atoms with van der Waals surface area (Å²) in [5, 5.41) is 6.80. The second kappa shape index (κ2) is 9.75. The summed E-state index contributed by atoms with van der Waals surface area (Å²) >= 11 is 1.75. The normalized spacial score (nSPS) is 10.5. The highest BCUT2D eigenvalue weighted by atomic mass is 32.2. The highest BCUT2D eigenvalue weighted by Crippen LogP contribution is 2.29. The van der Waals surface area contributed by atoms with Crippen LogP contribution in [0.3, 0.4) is 0 Å². The molecule has 29 heavy (non-hydrogen) atoms. The summed E-state index contributed by atoms with van der Waals surface area (Å²) in [5.41, 5.74) is 4.24. The SMILES string of the molecule is c1ccc(CNc2ccc(Sc3ccc(NCc4ccccn4)cc3)cc2)nc1. The molecule has 0 aliphatic carbocycles. The molecular formula is C24H22N4S. The first-order chi connectivity index (χ1) is 14.3. The van der Waals surface area contributed by atoms with Crippen molar-refractivity contribution in [1.29, 1.82) is 0 Å². The largest absolute Gasteiger partial charge is 0.379 e. The summed E-state index contributed by atoms with van der Waals surface area (Å²) in [6, 6.07) is 28.9. The maximum Gasteiger partial charge on any atom is 0.0594 e. The molecule has 2 aromatic heterocycles. The van der Waals surface area contributed by atoms with Crippen LogP contribution >= 0.6 is 11.8 Å². The average molecular weight is 399 g/mol. The van der Waals surface area contributed by atoms with Crippen molar-refractivity contribution < 1.29 is 0 Å². The quantitative estimate of drug-likeness (QED) is 0.390. The first-order valence-corrected chi connectivity index (χ1v) is 10.3. The third-order valence-electron chi connectivity index (χ3n) is 4.34. The van der Waals surface area contributed by atoms with E-state index in [1.807, 2.05) is 48.8 Å². The van der Waals surface area contributed by atoms with Crippen molar-refractivity contribution in [1.82, 2.24) is 9.97 Å². The number of pyridine rings is 2. The number of hydrogen-bond donors (Lipinski definition) is 2. The Hall–Kier alpha value is -3.31. The molecule has 0 aliphatic rings. The van der Waals surface area contributed by atoms with Crippen LogP contribution in [-0.2, 0) is 13.1 Å². The van der Waals surface area contributed by atoms with Crippen LogP contribution in [0, 0.1) is 0 Å². The first-order valence-electron chi connectivity index (χ1n) is 9.51. The Labute approximate surface area is 175 Å². The molecule has 2 N–H and O–H groups in total. The maximum absolute atomic E-state index is 4.33. The number of aromatic nitrogens is 2. The molecule has 0 bridgehead atoms. The van der Waals surface area contributed by atoms with Crippen molar-refractivity contribution in [2.75, 3.05) is 10.6 Å². The minimum absolute atomic E-state index is 0.723. The van der Waals surface area contributed by atoms with Crippen LogP contribution in [0.4, 0.5) is 11.4 Å². The number of nitrogens with one attached hydrogen (secondary N) is 2. The van der Waals surface area contributed by atoms with Crippen molar-refractivity contribution in [2.45, 2.75) is 22.9 Å². The molecule has 144 valence electrons. The van der Waals surface area contributed by atoms with Gasteiger partial charge in [-0.2, -0.15) is 0 Å². The summed E-state index contributed by atoms with van der Waals surface area (Å²) < 4.78 is 0. The number of anilines is 2. The topological polar surface area (TPSA) is 49.8 Å². The predicted molar refractivity (Wildman–Crippen MR) is 120 cm³/mol. The van der Waals surface area contributed by atoms with E-state index in [1.165, 1.54) is 9.79 Å². The van der Waals surface area contributed by atoms with Crippen molar-refractivity contribution in [3.05, 3.63) is 109 Å². The summed E-state index contributed by atoms with van der Waals surface area (Å²) in [6.07, 6.45) is 3.63. The third kappa shape index (κ3) is 5.83. The van der Waals surface area contributed by atoms with Crippen LogP contribution in [0.5, 0.6) is 0 Å². The molecule has 4 aromatic rings. The van der Waals surface area contributed by atoms with Crippen LogP contribution in [0.2, 0.25) is 0 Å². The minimum Gasteiger partial charge on any atom is -0.379 e. The average Bonchev–Trinajstić information content (AvgIpc) is 2.80. The minimum atomic E-state index is 0.723. The number of rotatable bonds is 8. The van der Waals surface area contributed by atoms with Crippen LogP contribution in [-0.4, -0.2) is 9.97 Å². The van der Waals surface area contributed by atoms with Crippen molar-refractivity contribution in [3.8, 4) is 0 Å². The molecule has 4 rings (SSSR count). The summed E-state index contributed by atoms with van der Waals surface area (Å²) in [5.74, 6) is 0. The molecule has 0 spiro atoms. The molecule has 0 saturated heterocycles. The maximum atomic E-state index is 4.33. The first kappa shape index (κ1) is 19.0. The zero-order valence-electron chi connectivity index (χ0n) is 16.0. The monoisotopic (exact) mass is 398 g/mol. The van der Waals surface area contributed by atoms with Gasteiger partial charge >= 0.3 is 0 Å². The molecule has 0 saturated carbocycles. The predicted octanol–water partition coefficient (Wildman–Crippen LogP) is 5.85. The lowest BCUT2D eigenvalue weighted by molar-refractivity contribution is 1.04. The molecule has 5 heteroatoms. The van der Waals surface area contributed by atoms with Crippen molar-refractivity contribution >= 4 is 23.1 Å². The van der Waals surface area contributed by atoms with Gasteiger partial charge in [-0.1, -0.05) is 23.9 Å². The second-order valence-corrected chi connectivity index (χ2v) is 7.65. The van der Waals surface area contributed by atoms with Crippen LogP contribution in [0.15, 0.2) is 107 Å². The van der Waals surface area contributed by atoms with E-state index < -0.39 is 0 Å². The van der Waals surface area contributed by atoms with Crippen LogP contribution in [0.1, 0.15) is 11.4 Å². The Morgan fingerprint density at radius 2 is 1.00 bits per heavy atom. The fourth-order valence-corrected chi connectivity index (χ4v) is 3.62. The van der Waals surface area contributed by atoms with Crippen molar-refractivity contribution in [3.63, 3.8) is 0 Å². The molecular weight excluding hydrogens is 376 g/mol. The zero-order valence-corrected chi connectivity index (χ0v) is 16.8. The number of nitrogens with zero attached hydrogens (tertiary/aromatic N) is 2. The fourth-order valence-electron chi connectivity index (χ4n) is 2.81. The highest BCUT2D eigenvalue weighted by Gasteiger charge is 2.00. The third-order valence-corrected chi connectivity index (χ3v) is 5.36. The molecule has 0 aliphatic heterocycles. The van der Waals surface area contributed by atoms with Gasteiger partial charge in [0.15, 0.2) is 0 Å². The number of hydrogen-bond acceptors (Lipinski definition) is 5. The Morgan fingerprint density at radius 1 is 0.552 bits per heavy atom. The Morgan fingerprint density at radius 3 is 1.38 bits per heavy atom. The smallest absolute Gasteiger partial charge is 0.0594 e. The van der Waals surface area contributed by atoms with Gasteiger partial charge in [-0.05, 0) is 72.8 Å². The lowest BCUT2D eigenvalue weighted by atomic mass is 10.3. The van der Waals surface area contributed by atoms with Gasteiger partial charge in [0, 0.05) is 33.6 Å². The molecule has 0 radical (unpaired) electrons. The van der Waals surface area contributed by atoms with Crippen molar-refractivity contribution in [2.24, 2.45) is 0 Å². The summed E-state index contributed by atoms with van der Waals surface area (Å²) in [7, 11) is 0. The van der Waals surface area contributed by atoms with E-state index >= 15 is 0 Å². The number of benzene rings is 2. The molecule has 0 unspecified atom stereocenters. The molecule has 0 atom stereocenters. The van der Waals surface area contributed by atoms with E-state index in [1.54, 1.807) is 11.8 Å². The van der Waals surface area contributed by atoms with E-state index in [2.05, 4.69) is 69.1 Å². The lowest BCUT2D eigenvalue weighted by Crippen LogP contribution is -2.00. The van der Waals surface area contributed by atoms with E-state index in [0.29, 0.717) is 0 Å². The van der Waals surface area contributed by atoms with Gasteiger partial charge in [0.25, 0.3) is 0 Å². The van der Waals surface area contributed by atoms with Gasteiger partial charge in [-0.3, -0.25) is 9.97 Å². The molecule has 2 aromatic carbocycles.